The largest absolute Gasteiger partial charge is 0.478 e. The molecule has 7 heteroatoms. The maximum atomic E-state index is 12.0. The molecule has 2 N–H and O–H groups in total. The highest BCUT2D eigenvalue weighted by Crippen LogP contribution is 2.21. The molecule has 0 saturated carbocycles. The number of aromatic nitrogens is 1. The number of para-hydroxylation sites is 1. The van der Waals surface area contributed by atoms with Crippen LogP contribution >= 0.6 is 23.2 Å². The van der Waals surface area contributed by atoms with Crippen molar-refractivity contribution in [2.24, 2.45) is 0 Å². The van der Waals surface area contributed by atoms with Crippen molar-refractivity contribution in [1.82, 2.24) is 4.98 Å². The van der Waals surface area contributed by atoms with Crippen molar-refractivity contribution in [3.63, 3.8) is 0 Å². The fourth-order valence-corrected chi connectivity index (χ4v) is 1.79. The average Bonchev–Trinajstić information content (AvgIpc) is 2.42. The molecule has 1 amide bonds. The fourth-order valence-electron chi connectivity index (χ4n) is 1.52. The number of amides is 1. The predicted octanol–water partition coefficient (Wildman–Crippen LogP) is 3.34. The van der Waals surface area contributed by atoms with Gasteiger partial charge in [0.25, 0.3) is 5.91 Å². The lowest BCUT2D eigenvalue weighted by atomic mass is 10.1. The zero-order valence-electron chi connectivity index (χ0n) is 9.93. The number of hydrogen-bond donors (Lipinski definition) is 2. The first-order chi connectivity index (χ1) is 9.49. The van der Waals surface area contributed by atoms with E-state index in [1.807, 2.05) is 0 Å². The summed E-state index contributed by atoms with van der Waals surface area (Å²) in [6.45, 7) is 0. The summed E-state index contributed by atoms with van der Waals surface area (Å²) in [5, 5.41) is 11.8. The molecule has 0 unspecified atom stereocenters. The van der Waals surface area contributed by atoms with Crippen molar-refractivity contribution >= 4 is 40.8 Å². The third-order valence-corrected chi connectivity index (χ3v) is 3.15. The van der Waals surface area contributed by atoms with Gasteiger partial charge in [-0.05, 0) is 18.2 Å². The SMILES string of the molecule is O=C(Nc1ccccc1C(=O)O)c1cnc(Cl)c(Cl)c1. The van der Waals surface area contributed by atoms with Gasteiger partial charge >= 0.3 is 5.97 Å². The quantitative estimate of drug-likeness (QED) is 0.852. The normalized spacial score (nSPS) is 10.1. The number of anilines is 1. The lowest BCUT2D eigenvalue weighted by Gasteiger charge is -2.08. The lowest BCUT2D eigenvalue weighted by Crippen LogP contribution is -2.15. The summed E-state index contributed by atoms with van der Waals surface area (Å²) in [5.74, 6) is -1.65. The molecule has 0 saturated heterocycles. The van der Waals surface area contributed by atoms with E-state index in [0.717, 1.165) is 0 Å². The average molecular weight is 311 g/mol. The molecular weight excluding hydrogens is 303 g/mol. The van der Waals surface area contributed by atoms with Crippen LogP contribution in [0.5, 0.6) is 0 Å². The van der Waals surface area contributed by atoms with E-state index in [1.54, 1.807) is 12.1 Å². The van der Waals surface area contributed by atoms with Gasteiger partial charge in [0.05, 0.1) is 21.8 Å². The van der Waals surface area contributed by atoms with Gasteiger partial charge in [-0.1, -0.05) is 35.3 Å². The second-order valence-electron chi connectivity index (χ2n) is 3.80. The summed E-state index contributed by atoms with van der Waals surface area (Å²) in [6.07, 6.45) is 1.26. The number of pyridine rings is 1. The molecule has 0 spiro atoms. The van der Waals surface area contributed by atoms with Crippen LogP contribution in [0.1, 0.15) is 20.7 Å². The third-order valence-electron chi connectivity index (χ3n) is 2.46. The Kier molecular flexibility index (Phi) is 4.22. The number of rotatable bonds is 3. The van der Waals surface area contributed by atoms with E-state index in [0.29, 0.717) is 0 Å². The molecule has 0 bridgehead atoms. The summed E-state index contributed by atoms with van der Waals surface area (Å²) in [5.41, 5.74) is 0.365. The van der Waals surface area contributed by atoms with E-state index < -0.39 is 11.9 Å². The van der Waals surface area contributed by atoms with Gasteiger partial charge in [0.1, 0.15) is 5.15 Å². The molecule has 0 radical (unpaired) electrons. The summed E-state index contributed by atoms with van der Waals surface area (Å²) in [7, 11) is 0. The first-order valence-electron chi connectivity index (χ1n) is 5.44. The van der Waals surface area contributed by atoms with Crippen LogP contribution in [-0.4, -0.2) is 22.0 Å². The minimum atomic E-state index is -1.13. The van der Waals surface area contributed by atoms with E-state index in [4.69, 9.17) is 28.3 Å². The Morgan fingerprint density at radius 1 is 1.20 bits per heavy atom. The lowest BCUT2D eigenvalue weighted by molar-refractivity contribution is 0.0698. The van der Waals surface area contributed by atoms with E-state index in [9.17, 15) is 9.59 Å². The van der Waals surface area contributed by atoms with Gasteiger partial charge in [0.15, 0.2) is 0 Å². The fraction of sp³-hybridized carbons (Fsp3) is 0. The highest BCUT2D eigenvalue weighted by atomic mass is 35.5. The first kappa shape index (κ1) is 14.3. The molecule has 2 rings (SSSR count). The zero-order chi connectivity index (χ0) is 14.7. The van der Waals surface area contributed by atoms with Crippen molar-refractivity contribution in [2.45, 2.75) is 0 Å². The van der Waals surface area contributed by atoms with Crippen molar-refractivity contribution in [1.29, 1.82) is 0 Å². The Morgan fingerprint density at radius 3 is 2.55 bits per heavy atom. The topological polar surface area (TPSA) is 79.3 Å². The molecule has 102 valence electrons. The van der Waals surface area contributed by atoms with Crippen molar-refractivity contribution in [3.8, 4) is 0 Å². The van der Waals surface area contributed by atoms with E-state index in [1.165, 1.54) is 24.4 Å². The number of carboxylic acids is 1. The van der Waals surface area contributed by atoms with Crippen LogP contribution in [0.25, 0.3) is 0 Å². The van der Waals surface area contributed by atoms with Gasteiger partial charge in [0, 0.05) is 6.20 Å². The molecular formula is C13H8Cl2N2O3. The van der Waals surface area contributed by atoms with Crippen LogP contribution in [-0.2, 0) is 0 Å². The number of nitrogens with zero attached hydrogens (tertiary/aromatic N) is 1. The van der Waals surface area contributed by atoms with Gasteiger partial charge in [-0.2, -0.15) is 0 Å². The van der Waals surface area contributed by atoms with Crippen LogP contribution in [0.4, 0.5) is 5.69 Å². The summed E-state index contributed by atoms with van der Waals surface area (Å²) < 4.78 is 0. The molecule has 1 aromatic carbocycles. The van der Waals surface area contributed by atoms with Crippen LogP contribution < -0.4 is 5.32 Å². The monoisotopic (exact) mass is 310 g/mol. The summed E-state index contributed by atoms with van der Waals surface area (Å²) >= 11 is 11.4. The molecule has 5 nitrogen and oxygen atoms in total. The van der Waals surface area contributed by atoms with E-state index in [-0.39, 0.29) is 27.0 Å². The number of nitrogens with one attached hydrogen (secondary N) is 1. The number of carboxylic acid groups (broad SMARTS) is 1. The predicted molar refractivity (Wildman–Crippen MR) is 75.6 cm³/mol. The number of carbonyl (C=O) groups excluding carboxylic acids is 1. The molecule has 1 aromatic heterocycles. The van der Waals surface area contributed by atoms with E-state index in [2.05, 4.69) is 10.3 Å². The second kappa shape index (κ2) is 5.90. The number of carbonyl (C=O) groups is 2. The Hall–Kier alpha value is -2.11. The van der Waals surface area contributed by atoms with Crippen molar-refractivity contribution in [3.05, 3.63) is 57.8 Å². The Bertz CT molecular complexity index is 689. The zero-order valence-corrected chi connectivity index (χ0v) is 11.4. The number of hydrogen-bond acceptors (Lipinski definition) is 3. The van der Waals surface area contributed by atoms with Crippen molar-refractivity contribution in [2.75, 3.05) is 5.32 Å². The maximum Gasteiger partial charge on any atom is 0.337 e. The highest BCUT2D eigenvalue weighted by molar-refractivity contribution is 6.41. The van der Waals surface area contributed by atoms with Gasteiger partial charge in [-0.3, -0.25) is 4.79 Å². The Labute approximate surface area is 124 Å². The minimum Gasteiger partial charge on any atom is -0.478 e. The van der Waals surface area contributed by atoms with Crippen molar-refractivity contribution < 1.29 is 14.7 Å². The molecule has 0 atom stereocenters. The third kappa shape index (κ3) is 3.07. The molecule has 0 aliphatic carbocycles. The molecule has 20 heavy (non-hydrogen) atoms. The summed E-state index contributed by atoms with van der Waals surface area (Å²) in [4.78, 5) is 26.8. The maximum absolute atomic E-state index is 12.0. The Balaban J connectivity index is 2.28. The minimum absolute atomic E-state index is 0.00568. The number of aromatic carboxylic acids is 1. The first-order valence-corrected chi connectivity index (χ1v) is 6.19. The van der Waals surface area contributed by atoms with E-state index >= 15 is 0 Å². The van der Waals surface area contributed by atoms with Gasteiger partial charge in [-0.25, -0.2) is 9.78 Å². The van der Waals surface area contributed by atoms with Crippen LogP contribution in [0.2, 0.25) is 10.2 Å². The van der Waals surface area contributed by atoms with Gasteiger partial charge in [0.2, 0.25) is 0 Å². The number of benzene rings is 1. The highest BCUT2D eigenvalue weighted by Gasteiger charge is 2.14. The van der Waals surface area contributed by atoms with Crippen LogP contribution in [0, 0.1) is 0 Å². The van der Waals surface area contributed by atoms with Gasteiger partial charge < -0.3 is 10.4 Å². The Morgan fingerprint density at radius 2 is 1.90 bits per heavy atom. The molecule has 2 aromatic rings. The molecule has 0 aliphatic rings. The van der Waals surface area contributed by atoms with Crippen LogP contribution in [0.15, 0.2) is 36.5 Å². The molecule has 0 fully saturated rings. The molecule has 0 aliphatic heterocycles. The van der Waals surface area contributed by atoms with Crippen LogP contribution in [0.3, 0.4) is 0 Å². The molecule has 1 heterocycles. The standard InChI is InChI=1S/C13H8Cl2N2O3/c14-9-5-7(6-16-11(9)15)12(18)17-10-4-2-1-3-8(10)13(19)20/h1-6H,(H,17,18)(H,19,20). The van der Waals surface area contributed by atoms with Gasteiger partial charge in [-0.15, -0.1) is 0 Å². The summed E-state index contributed by atoms with van der Waals surface area (Å²) in [6, 6.07) is 7.43. The second-order valence-corrected chi connectivity index (χ2v) is 4.57. The smallest absolute Gasteiger partial charge is 0.337 e. The number of halogens is 2.